The van der Waals surface area contributed by atoms with Gasteiger partial charge < -0.3 is 0 Å². The van der Waals surface area contributed by atoms with Crippen LogP contribution in [0.25, 0.3) is 0 Å². The number of ketones is 1. The molecule has 0 spiro atoms. The van der Waals surface area contributed by atoms with Crippen LogP contribution in [-0.4, -0.2) is 13.9 Å². The van der Waals surface area contributed by atoms with Gasteiger partial charge in [0, 0.05) is 5.92 Å². The van der Waals surface area contributed by atoms with Gasteiger partial charge in [0.25, 0.3) is 0 Å². The minimum absolute atomic E-state index is 0.274. The van der Waals surface area contributed by atoms with Crippen LogP contribution in [0.15, 0.2) is 11.3 Å². The Kier molecular flexibility index (Phi) is 5.83. The molecule has 0 radical (unpaired) electrons. The molecule has 2 heteroatoms. The Labute approximate surface area is 127 Å². The summed E-state index contributed by atoms with van der Waals surface area (Å²) in [4.78, 5) is 12.0. The van der Waals surface area contributed by atoms with Gasteiger partial charge in [-0.25, -0.2) is 0 Å². The van der Waals surface area contributed by atoms with Gasteiger partial charge in [-0.15, -0.1) is 0 Å². The van der Waals surface area contributed by atoms with Gasteiger partial charge in [0.15, 0.2) is 0 Å². The second kappa shape index (κ2) is 6.59. The quantitative estimate of drug-likeness (QED) is 0.449. The topological polar surface area (TPSA) is 17.1 Å². The van der Waals surface area contributed by atoms with Crippen LogP contribution in [0.5, 0.6) is 0 Å². The van der Waals surface area contributed by atoms with E-state index >= 15 is 0 Å². The second-order valence-corrected chi connectivity index (χ2v) is 13.4. The normalized spacial score (nSPS) is 23.9. The molecule has 0 bridgehead atoms. The molecule has 0 fully saturated rings. The lowest BCUT2D eigenvalue weighted by Gasteiger charge is -2.41. The number of rotatable bonds is 6. The molecule has 1 nitrogen and oxygen atoms in total. The molecule has 20 heavy (non-hydrogen) atoms. The standard InChI is InChI=1S/C18H34OSi/c1-8-9-10-11-16-15(14(2)19)12-13-17(16)20(6,7)18(3,4)5/h13,15-16H,8-12H2,1-7H3/t15-,16-/m0/s1. The predicted octanol–water partition coefficient (Wildman–Crippen LogP) is 5.77. The zero-order valence-corrected chi connectivity index (χ0v) is 15.7. The smallest absolute Gasteiger partial charge is 0.133 e. The highest BCUT2D eigenvalue weighted by Gasteiger charge is 2.45. The molecule has 0 unspecified atom stereocenters. The summed E-state index contributed by atoms with van der Waals surface area (Å²) in [6.07, 6.45) is 8.49. The predicted molar refractivity (Wildman–Crippen MR) is 91.7 cm³/mol. The van der Waals surface area contributed by atoms with Crippen LogP contribution in [-0.2, 0) is 4.79 Å². The molecule has 116 valence electrons. The van der Waals surface area contributed by atoms with Crippen LogP contribution in [0, 0.1) is 11.8 Å². The summed E-state index contributed by atoms with van der Waals surface area (Å²) < 4.78 is 0. The molecule has 2 atom stereocenters. The largest absolute Gasteiger partial charge is 0.300 e. The lowest BCUT2D eigenvalue weighted by atomic mass is 9.88. The van der Waals surface area contributed by atoms with E-state index in [1.807, 2.05) is 0 Å². The van der Waals surface area contributed by atoms with Gasteiger partial charge in [0.05, 0.1) is 8.07 Å². The van der Waals surface area contributed by atoms with Crippen LogP contribution >= 0.6 is 0 Å². The Balaban J connectivity index is 2.96. The van der Waals surface area contributed by atoms with E-state index in [0.717, 1.165) is 6.42 Å². The fraction of sp³-hybridized carbons (Fsp3) is 0.833. The van der Waals surface area contributed by atoms with Crippen molar-refractivity contribution < 1.29 is 4.79 Å². The van der Waals surface area contributed by atoms with Crippen molar-refractivity contribution >= 4 is 13.9 Å². The van der Waals surface area contributed by atoms with Crippen molar-refractivity contribution in [3.05, 3.63) is 11.3 Å². The van der Waals surface area contributed by atoms with E-state index < -0.39 is 8.07 Å². The van der Waals surface area contributed by atoms with E-state index in [9.17, 15) is 4.79 Å². The summed E-state index contributed by atoms with van der Waals surface area (Å²) in [5.74, 6) is 1.22. The molecule has 0 aliphatic heterocycles. The number of Topliss-reactive ketones (excluding diaryl/α,β-unsaturated/α-hetero) is 1. The number of hydrogen-bond acceptors (Lipinski definition) is 1. The van der Waals surface area contributed by atoms with Crippen molar-refractivity contribution in [2.75, 3.05) is 0 Å². The number of hydrogen-bond donors (Lipinski definition) is 0. The maximum atomic E-state index is 12.0. The summed E-state index contributed by atoms with van der Waals surface area (Å²) in [7, 11) is -1.47. The Morgan fingerprint density at radius 3 is 2.35 bits per heavy atom. The monoisotopic (exact) mass is 294 g/mol. The molecule has 1 aliphatic rings. The zero-order chi connectivity index (χ0) is 15.6. The molecule has 0 aromatic carbocycles. The summed E-state index contributed by atoms with van der Waals surface area (Å²) in [5, 5.41) is 2.05. The summed E-state index contributed by atoms with van der Waals surface area (Å²) >= 11 is 0. The molecule has 1 rings (SSSR count). The van der Waals surface area contributed by atoms with E-state index in [-0.39, 0.29) is 5.92 Å². The molecular formula is C18H34OSi. The minimum Gasteiger partial charge on any atom is -0.300 e. The number of allylic oxidation sites excluding steroid dienone is 2. The third-order valence-electron chi connectivity index (χ3n) is 5.71. The highest BCUT2D eigenvalue weighted by molar-refractivity contribution is 6.86. The first-order chi connectivity index (χ1) is 9.13. The Hall–Kier alpha value is -0.373. The summed E-state index contributed by atoms with van der Waals surface area (Å²) in [6.45, 7) is 16.2. The van der Waals surface area contributed by atoms with Gasteiger partial charge in [-0.05, 0) is 30.7 Å². The second-order valence-electron chi connectivity index (χ2n) is 8.09. The molecule has 0 saturated heterocycles. The first-order valence-corrected chi connectivity index (χ1v) is 11.3. The Morgan fingerprint density at radius 2 is 1.90 bits per heavy atom. The molecule has 0 heterocycles. The van der Waals surface area contributed by atoms with Crippen molar-refractivity contribution in [1.29, 1.82) is 0 Å². The molecule has 0 aromatic rings. The van der Waals surface area contributed by atoms with Gasteiger partial charge in [-0.3, -0.25) is 4.79 Å². The van der Waals surface area contributed by atoms with Crippen LogP contribution in [0.3, 0.4) is 0 Å². The molecule has 1 aliphatic carbocycles. The van der Waals surface area contributed by atoms with E-state index in [1.165, 1.54) is 25.7 Å². The van der Waals surface area contributed by atoms with Crippen LogP contribution < -0.4 is 0 Å². The SMILES string of the molecule is CCCCC[C@@H]1C([Si](C)(C)C(C)(C)C)=CC[C@H]1C(C)=O. The van der Waals surface area contributed by atoms with Crippen LogP contribution in [0.4, 0.5) is 0 Å². The first-order valence-electron chi connectivity index (χ1n) is 8.34. The Morgan fingerprint density at radius 1 is 1.30 bits per heavy atom. The maximum Gasteiger partial charge on any atom is 0.133 e. The van der Waals surface area contributed by atoms with Crippen LogP contribution in [0.1, 0.15) is 66.7 Å². The van der Waals surface area contributed by atoms with Gasteiger partial charge in [-0.2, -0.15) is 0 Å². The highest BCUT2D eigenvalue weighted by Crippen LogP contribution is 2.49. The molecular weight excluding hydrogens is 260 g/mol. The molecule has 0 saturated carbocycles. The van der Waals surface area contributed by atoms with Gasteiger partial charge in [0.1, 0.15) is 5.78 Å². The van der Waals surface area contributed by atoms with Crippen molar-refractivity contribution in [2.45, 2.75) is 84.9 Å². The lowest BCUT2D eigenvalue weighted by Crippen LogP contribution is -2.42. The Bertz CT molecular complexity index is 373. The highest BCUT2D eigenvalue weighted by atomic mass is 28.3. The summed E-state index contributed by atoms with van der Waals surface area (Å²) in [6, 6.07) is 0. The van der Waals surface area contributed by atoms with Crippen molar-refractivity contribution in [3.63, 3.8) is 0 Å². The molecule has 0 N–H and O–H groups in total. The fourth-order valence-corrected chi connectivity index (χ4v) is 6.12. The van der Waals surface area contributed by atoms with Crippen molar-refractivity contribution in [2.24, 2.45) is 11.8 Å². The van der Waals surface area contributed by atoms with Gasteiger partial charge >= 0.3 is 0 Å². The summed E-state index contributed by atoms with van der Waals surface area (Å²) in [5.41, 5.74) is 0. The van der Waals surface area contributed by atoms with Crippen LogP contribution in [0.2, 0.25) is 18.1 Å². The average Bonchev–Trinajstić information content (AvgIpc) is 2.72. The molecule has 0 amide bonds. The van der Waals surface area contributed by atoms with E-state index in [2.05, 4.69) is 46.9 Å². The average molecular weight is 295 g/mol. The van der Waals surface area contributed by atoms with Crippen molar-refractivity contribution in [3.8, 4) is 0 Å². The third-order valence-corrected chi connectivity index (χ3v) is 11.5. The maximum absolute atomic E-state index is 12.0. The minimum atomic E-state index is -1.47. The third kappa shape index (κ3) is 3.63. The zero-order valence-electron chi connectivity index (χ0n) is 14.7. The van der Waals surface area contributed by atoms with Crippen molar-refractivity contribution in [1.82, 2.24) is 0 Å². The van der Waals surface area contributed by atoms with E-state index in [4.69, 9.17) is 0 Å². The van der Waals surface area contributed by atoms with E-state index in [1.54, 1.807) is 12.1 Å². The number of carbonyl (C=O) groups is 1. The lowest BCUT2D eigenvalue weighted by molar-refractivity contribution is -0.121. The van der Waals surface area contributed by atoms with Gasteiger partial charge in [0.2, 0.25) is 0 Å². The first kappa shape index (κ1) is 17.7. The molecule has 0 aromatic heterocycles. The number of carbonyl (C=O) groups excluding carboxylic acids is 1. The number of unbranched alkanes of at least 4 members (excludes halogenated alkanes) is 2. The van der Waals surface area contributed by atoms with Gasteiger partial charge in [-0.1, -0.05) is 71.3 Å². The van der Waals surface area contributed by atoms with E-state index in [0.29, 0.717) is 16.7 Å². The fourth-order valence-electron chi connectivity index (χ4n) is 3.36.